The van der Waals surface area contributed by atoms with Crippen molar-refractivity contribution in [2.45, 2.75) is 5.02 Å². The van der Waals surface area contributed by atoms with Gasteiger partial charge in [-0.05, 0) is 12.1 Å². The first-order valence-corrected chi connectivity index (χ1v) is 5.11. The lowest BCUT2D eigenvalue weighted by molar-refractivity contribution is 0.349. The van der Waals surface area contributed by atoms with E-state index in [4.69, 9.17) is 27.9 Å². The maximum atomic E-state index is 11.5. The number of pyridine rings is 1. The van der Waals surface area contributed by atoms with E-state index in [2.05, 4.69) is 4.98 Å². The first-order chi connectivity index (χ1) is 7.16. The molecule has 0 unspecified atom stereocenters. The summed E-state index contributed by atoms with van der Waals surface area (Å²) in [5, 5.41) is -0.187. The van der Waals surface area contributed by atoms with Gasteiger partial charge in [-0.25, -0.2) is 0 Å². The van der Waals surface area contributed by atoms with Crippen molar-refractivity contribution < 1.29 is 4.74 Å². The van der Waals surface area contributed by atoms with Gasteiger partial charge < -0.3 is 9.72 Å². The molecule has 0 fully saturated rings. The summed E-state index contributed by atoms with van der Waals surface area (Å²) in [6, 6.07) is 8.97. The van der Waals surface area contributed by atoms with Crippen LogP contribution in [0.5, 0.6) is 5.75 Å². The van der Waals surface area contributed by atoms with Gasteiger partial charge in [0.25, 0.3) is 5.56 Å². The SMILES string of the molecule is O=c1[nH]c2ccccc2cc1OC(Cl)Cl. The highest BCUT2D eigenvalue weighted by atomic mass is 35.5. The minimum atomic E-state index is -1.05. The first kappa shape index (κ1) is 10.3. The van der Waals surface area contributed by atoms with E-state index in [0.29, 0.717) is 0 Å². The minimum Gasteiger partial charge on any atom is -0.455 e. The lowest BCUT2D eigenvalue weighted by atomic mass is 10.2. The predicted molar refractivity (Wildman–Crippen MR) is 60.7 cm³/mol. The van der Waals surface area contributed by atoms with Gasteiger partial charge in [0, 0.05) is 10.9 Å². The van der Waals surface area contributed by atoms with Crippen molar-refractivity contribution in [3.63, 3.8) is 0 Å². The third-order valence-electron chi connectivity index (χ3n) is 1.94. The predicted octanol–water partition coefficient (Wildman–Crippen LogP) is 2.67. The van der Waals surface area contributed by atoms with Crippen molar-refractivity contribution in [2.75, 3.05) is 0 Å². The number of nitrogens with one attached hydrogen (secondary N) is 1. The Labute approximate surface area is 95.6 Å². The van der Waals surface area contributed by atoms with E-state index in [9.17, 15) is 4.79 Å². The second-order valence-corrected chi connectivity index (χ2v) is 3.94. The monoisotopic (exact) mass is 243 g/mol. The number of halogens is 2. The molecule has 0 spiro atoms. The fraction of sp³-hybridized carbons (Fsp3) is 0.100. The van der Waals surface area contributed by atoms with E-state index in [1.165, 1.54) is 0 Å². The molecule has 5 heteroatoms. The molecule has 0 aliphatic carbocycles. The van der Waals surface area contributed by atoms with Crippen LogP contribution in [0.25, 0.3) is 10.9 Å². The number of ether oxygens (including phenoxy) is 1. The van der Waals surface area contributed by atoms with E-state index < -0.39 is 5.02 Å². The normalized spacial score (nSPS) is 10.9. The molecular formula is C10H7Cl2NO2. The van der Waals surface area contributed by atoms with Crippen LogP contribution in [0.2, 0.25) is 0 Å². The molecule has 78 valence electrons. The number of hydrogen-bond acceptors (Lipinski definition) is 2. The number of aromatic amines is 1. The van der Waals surface area contributed by atoms with Crippen molar-refractivity contribution in [1.29, 1.82) is 0 Å². The van der Waals surface area contributed by atoms with E-state index in [1.807, 2.05) is 18.2 Å². The summed E-state index contributed by atoms with van der Waals surface area (Å²) in [4.78, 5) is 14.1. The Hall–Kier alpha value is -1.19. The molecule has 2 aromatic rings. The molecule has 2 rings (SSSR count). The van der Waals surface area contributed by atoms with Crippen LogP contribution < -0.4 is 10.3 Å². The molecule has 0 saturated heterocycles. The fourth-order valence-electron chi connectivity index (χ4n) is 1.31. The summed E-state index contributed by atoms with van der Waals surface area (Å²) in [6.07, 6.45) is 0. The number of rotatable bonds is 2. The molecule has 0 aliphatic heterocycles. The van der Waals surface area contributed by atoms with E-state index in [0.717, 1.165) is 10.9 Å². The molecule has 1 N–H and O–H groups in total. The molecule has 1 heterocycles. The molecule has 0 saturated carbocycles. The van der Waals surface area contributed by atoms with Crippen LogP contribution in [-0.4, -0.2) is 10.0 Å². The summed E-state index contributed by atoms with van der Waals surface area (Å²) < 4.78 is 4.94. The topological polar surface area (TPSA) is 42.1 Å². The van der Waals surface area contributed by atoms with Crippen LogP contribution in [0.15, 0.2) is 35.1 Å². The molecule has 0 radical (unpaired) electrons. The standard InChI is InChI=1S/C10H7Cl2NO2/c11-10(12)15-8-5-6-3-1-2-4-7(6)13-9(8)14/h1-5,10H,(H,13,14). The van der Waals surface area contributed by atoms with Gasteiger partial charge in [-0.1, -0.05) is 41.4 Å². The zero-order valence-corrected chi connectivity index (χ0v) is 9.05. The number of aromatic nitrogens is 1. The van der Waals surface area contributed by atoms with Crippen molar-refractivity contribution in [3.8, 4) is 5.75 Å². The Morgan fingerprint density at radius 2 is 2.00 bits per heavy atom. The van der Waals surface area contributed by atoms with Crippen LogP contribution in [0.4, 0.5) is 0 Å². The van der Waals surface area contributed by atoms with Crippen LogP contribution in [0, 0.1) is 0 Å². The molecule has 1 aromatic heterocycles. The zero-order chi connectivity index (χ0) is 10.8. The van der Waals surface area contributed by atoms with Crippen LogP contribution >= 0.6 is 23.2 Å². The van der Waals surface area contributed by atoms with Gasteiger partial charge in [0.2, 0.25) is 5.02 Å². The van der Waals surface area contributed by atoms with Gasteiger partial charge >= 0.3 is 0 Å². The third kappa shape index (κ3) is 2.25. The smallest absolute Gasteiger partial charge is 0.290 e. The Balaban J connectivity index is 2.57. The summed E-state index contributed by atoms with van der Waals surface area (Å²) in [6.45, 7) is 0. The Bertz CT molecular complexity index is 536. The van der Waals surface area contributed by atoms with Crippen LogP contribution in [0.1, 0.15) is 0 Å². The summed E-state index contributed by atoms with van der Waals surface area (Å²) >= 11 is 10.9. The Kier molecular flexibility index (Phi) is 2.84. The number of H-pyrrole nitrogens is 1. The molecular weight excluding hydrogens is 237 g/mol. The number of hydrogen-bond donors (Lipinski definition) is 1. The lowest BCUT2D eigenvalue weighted by Crippen LogP contribution is -2.13. The third-order valence-corrected chi connectivity index (χ3v) is 2.11. The highest BCUT2D eigenvalue weighted by Crippen LogP contribution is 2.16. The Morgan fingerprint density at radius 1 is 1.27 bits per heavy atom. The van der Waals surface area contributed by atoms with Crippen LogP contribution in [0.3, 0.4) is 0 Å². The molecule has 0 aliphatic rings. The van der Waals surface area contributed by atoms with Gasteiger partial charge in [-0.15, -0.1) is 0 Å². The number of para-hydroxylation sites is 1. The number of alkyl halides is 2. The number of fused-ring (bicyclic) bond motifs is 1. The fourth-order valence-corrected chi connectivity index (χ4v) is 1.50. The summed E-state index contributed by atoms with van der Waals surface area (Å²) in [5.41, 5.74) is 0.399. The van der Waals surface area contributed by atoms with E-state index in [-0.39, 0.29) is 11.3 Å². The average Bonchev–Trinajstić information content (AvgIpc) is 2.18. The quantitative estimate of drug-likeness (QED) is 0.825. The second-order valence-electron chi connectivity index (χ2n) is 2.93. The van der Waals surface area contributed by atoms with Crippen molar-refractivity contribution in [2.24, 2.45) is 0 Å². The zero-order valence-electron chi connectivity index (χ0n) is 7.54. The summed E-state index contributed by atoms with van der Waals surface area (Å²) in [5.74, 6) is 0.115. The van der Waals surface area contributed by atoms with Gasteiger partial charge in [-0.3, -0.25) is 4.79 Å². The van der Waals surface area contributed by atoms with Gasteiger partial charge in [0.05, 0.1) is 0 Å². The largest absolute Gasteiger partial charge is 0.455 e. The van der Waals surface area contributed by atoms with Crippen LogP contribution in [-0.2, 0) is 0 Å². The average molecular weight is 244 g/mol. The molecule has 1 aromatic carbocycles. The Morgan fingerprint density at radius 3 is 2.73 bits per heavy atom. The van der Waals surface area contributed by atoms with E-state index >= 15 is 0 Å². The maximum Gasteiger partial charge on any atom is 0.290 e. The molecule has 15 heavy (non-hydrogen) atoms. The lowest BCUT2D eigenvalue weighted by Gasteiger charge is -2.05. The molecule has 3 nitrogen and oxygen atoms in total. The molecule has 0 bridgehead atoms. The van der Waals surface area contributed by atoms with Crippen molar-refractivity contribution in [3.05, 3.63) is 40.7 Å². The van der Waals surface area contributed by atoms with E-state index in [1.54, 1.807) is 12.1 Å². The minimum absolute atomic E-state index is 0.115. The van der Waals surface area contributed by atoms with Gasteiger partial charge in [-0.2, -0.15) is 0 Å². The number of benzene rings is 1. The van der Waals surface area contributed by atoms with Crippen molar-refractivity contribution >= 4 is 34.1 Å². The van der Waals surface area contributed by atoms with Gasteiger partial charge in [0.15, 0.2) is 5.75 Å². The highest BCUT2D eigenvalue weighted by molar-refractivity contribution is 6.43. The maximum absolute atomic E-state index is 11.5. The molecule has 0 atom stereocenters. The molecule has 0 amide bonds. The summed E-state index contributed by atoms with van der Waals surface area (Å²) in [7, 11) is 0. The van der Waals surface area contributed by atoms with Crippen molar-refractivity contribution in [1.82, 2.24) is 4.98 Å². The second kappa shape index (κ2) is 4.13. The highest BCUT2D eigenvalue weighted by Gasteiger charge is 2.06. The van der Waals surface area contributed by atoms with Gasteiger partial charge in [0.1, 0.15) is 0 Å². The first-order valence-electron chi connectivity index (χ1n) is 4.24.